The minimum Gasteiger partial charge on any atom is -0.315 e. The molecule has 0 amide bonds. The summed E-state index contributed by atoms with van der Waals surface area (Å²) in [6.07, 6.45) is 4.15. The highest BCUT2D eigenvalue weighted by atomic mass is 15.2. The highest BCUT2D eigenvalue weighted by Gasteiger charge is 2.30. The summed E-state index contributed by atoms with van der Waals surface area (Å²) in [7, 11) is 0. The van der Waals surface area contributed by atoms with Gasteiger partial charge in [0.2, 0.25) is 0 Å². The van der Waals surface area contributed by atoms with Gasteiger partial charge in [-0.15, -0.1) is 0 Å². The van der Waals surface area contributed by atoms with Crippen LogP contribution in [0.2, 0.25) is 0 Å². The van der Waals surface area contributed by atoms with Gasteiger partial charge < -0.3 is 5.32 Å². The van der Waals surface area contributed by atoms with E-state index in [2.05, 4.69) is 58.7 Å². The summed E-state index contributed by atoms with van der Waals surface area (Å²) in [5.74, 6) is 2.36. The van der Waals surface area contributed by atoms with E-state index in [1.807, 2.05) is 0 Å². The van der Waals surface area contributed by atoms with Crippen LogP contribution in [0, 0.1) is 23.2 Å². The predicted molar refractivity (Wildman–Crippen MR) is 94.7 cm³/mol. The molecule has 0 saturated carbocycles. The van der Waals surface area contributed by atoms with Gasteiger partial charge in [0.15, 0.2) is 0 Å². The third-order valence-electron chi connectivity index (χ3n) is 5.13. The van der Waals surface area contributed by atoms with Crippen LogP contribution >= 0.6 is 0 Å². The number of nitrogens with one attached hydrogen (secondary N) is 1. The standard InChI is InChI=1S/C19H40N2/c1-15(2)13-20-14-18(16(3)4)21-11-8-9-17(10-12-21)19(5,6)7/h15-18,20H,8-14H2,1-7H3. The summed E-state index contributed by atoms with van der Waals surface area (Å²) >= 11 is 0. The van der Waals surface area contributed by atoms with E-state index >= 15 is 0 Å². The van der Waals surface area contributed by atoms with Crippen LogP contribution in [0.4, 0.5) is 0 Å². The molecule has 126 valence electrons. The molecule has 0 spiro atoms. The Morgan fingerprint density at radius 2 is 1.67 bits per heavy atom. The highest BCUT2D eigenvalue weighted by Crippen LogP contribution is 2.34. The van der Waals surface area contributed by atoms with E-state index in [1.165, 1.54) is 32.4 Å². The Morgan fingerprint density at radius 1 is 1.00 bits per heavy atom. The summed E-state index contributed by atoms with van der Waals surface area (Å²) in [5.41, 5.74) is 0.471. The number of hydrogen-bond acceptors (Lipinski definition) is 2. The molecule has 2 unspecified atom stereocenters. The van der Waals surface area contributed by atoms with E-state index in [1.54, 1.807) is 0 Å². The normalized spacial score (nSPS) is 23.6. The molecule has 2 heteroatoms. The Hall–Kier alpha value is -0.0800. The molecule has 1 N–H and O–H groups in total. The molecule has 0 radical (unpaired) electrons. The monoisotopic (exact) mass is 296 g/mol. The number of nitrogens with zero attached hydrogens (tertiary/aromatic N) is 1. The van der Waals surface area contributed by atoms with Crippen LogP contribution in [0.3, 0.4) is 0 Å². The maximum atomic E-state index is 3.68. The first-order chi connectivity index (χ1) is 9.71. The van der Waals surface area contributed by atoms with Gasteiger partial charge in [0.1, 0.15) is 0 Å². The van der Waals surface area contributed by atoms with Gasteiger partial charge in [-0.2, -0.15) is 0 Å². The molecule has 0 aliphatic carbocycles. The van der Waals surface area contributed by atoms with Crippen molar-refractivity contribution >= 4 is 0 Å². The zero-order valence-electron chi connectivity index (χ0n) is 15.7. The van der Waals surface area contributed by atoms with Crippen LogP contribution in [0.1, 0.15) is 67.7 Å². The molecular formula is C19H40N2. The topological polar surface area (TPSA) is 15.3 Å². The average molecular weight is 297 g/mol. The highest BCUT2D eigenvalue weighted by molar-refractivity contribution is 4.84. The second kappa shape index (κ2) is 8.53. The summed E-state index contributed by atoms with van der Waals surface area (Å²) in [6, 6.07) is 0.697. The molecule has 1 aliphatic heterocycles. The van der Waals surface area contributed by atoms with Gasteiger partial charge in [0.25, 0.3) is 0 Å². The van der Waals surface area contributed by atoms with Crippen molar-refractivity contribution in [3.63, 3.8) is 0 Å². The zero-order chi connectivity index (χ0) is 16.0. The van der Waals surface area contributed by atoms with Crippen molar-refractivity contribution in [3.05, 3.63) is 0 Å². The molecule has 2 nitrogen and oxygen atoms in total. The van der Waals surface area contributed by atoms with Crippen molar-refractivity contribution in [2.45, 2.75) is 73.8 Å². The van der Waals surface area contributed by atoms with Gasteiger partial charge in [-0.1, -0.05) is 48.5 Å². The third-order valence-corrected chi connectivity index (χ3v) is 5.13. The average Bonchev–Trinajstić information content (AvgIpc) is 2.58. The Labute approximate surface area is 134 Å². The van der Waals surface area contributed by atoms with Crippen LogP contribution in [-0.4, -0.2) is 37.1 Å². The fourth-order valence-electron chi connectivity index (χ4n) is 3.62. The van der Waals surface area contributed by atoms with Crippen LogP contribution in [0.25, 0.3) is 0 Å². The third kappa shape index (κ3) is 6.69. The molecule has 1 fully saturated rings. The smallest absolute Gasteiger partial charge is 0.0243 e. The van der Waals surface area contributed by atoms with Crippen LogP contribution in [0.15, 0.2) is 0 Å². The van der Waals surface area contributed by atoms with E-state index < -0.39 is 0 Å². The Morgan fingerprint density at radius 3 is 2.19 bits per heavy atom. The predicted octanol–water partition coefficient (Wildman–Crippen LogP) is 4.40. The van der Waals surface area contributed by atoms with Crippen molar-refractivity contribution in [2.75, 3.05) is 26.2 Å². The molecule has 2 atom stereocenters. The number of likely N-dealkylation sites (tertiary alicyclic amines) is 1. The van der Waals surface area contributed by atoms with Crippen LogP contribution in [0.5, 0.6) is 0 Å². The van der Waals surface area contributed by atoms with Crippen molar-refractivity contribution < 1.29 is 0 Å². The van der Waals surface area contributed by atoms with Crippen LogP contribution in [-0.2, 0) is 0 Å². The largest absolute Gasteiger partial charge is 0.315 e. The lowest BCUT2D eigenvalue weighted by atomic mass is 9.77. The Bertz CT molecular complexity index is 278. The lowest BCUT2D eigenvalue weighted by Gasteiger charge is -2.35. The van der Waals surface area contributed by atoms with Crippen molar-refractivity contribution in [2.24, 2.45) is 23.2 Å². The molecule has 0 aromatic rings. The quantitative estimate of drug-likeness (QED) is 0.781. The van der Waals surface area contributed by atoms with Crippen molar-refractivity contribution in [1.29, 1.82) is 0 Å². The van der Waals surface area contributed by atoms with Gasteiger partial charge in [-0.25, -0.2) is 0 Å². The fraction of sp³-hybridized carbons (Fsp3) is 1.00. The Kier molecular flexibility index (Phi) is 7.70. The first-order valence-electron chi connectivity index (χ1n) is 9.16. The molecular weight excluding hydrogens is 256 g/mol. The van der Waals surface area contributed by atoms with Crippen molar-refractivity contribution in [1.82, 2.24) is 10.2 Å². The van der Waals surface area contributed by atoms with Crippen molar-refractivity contribution in [3.8, 4) is 0 Å². The molecule has 0 bridgehead atoms. The second-order valence-corrected chi connectivity index (χ2v) is 8.89. The fourth-order valence-corrected chi connectivity index (χ4v) is 3.62. The lowest BCUT2D eigenvalue weighted by molar-refractivity contribution is 0.146. The maximum Gasteiger partial charge on any atom is 0.0243 e. The van der Waals surface area contributed by atoms with Crippen LogP contribution < -0.4 is 5.32 Å². The van der Waals surface area contributed by atoms with E-state index in [0.717, 1.165) is 30.8 Å². The Balaban J connectivity index is 2.55. The number of hydrogen-bond donors (Lipinski definition) is 1. The zero-order valence-corrected chi connectivity index (χ0v) is 15.7. The first kappa shape index (κ1) is 19.0. The van der Waals surface area contributed by atoms with Gasteiger partial charge in [-0.3, -0.25) is 4.90 Å². The van der Waals surface area contributed by atoms with Gasteiger partial charge in [-0.05, 0) is 62.1 Å². The lowest BCUT2D eigenvalue weighted by Crippen LogP contribution is -2.46. The molecule has 21 heavy (non-hydrogen) atoms. The summed E-state index contributed by atoms with van der Waals surface area (Å²) < 4.78 is 0. The molecule has 1 aliphatic rings. The summed E-state index contributed by atoms with van der Waals surface area (Å²) in [6.45, 7) is 21.5. The molecule has 1 saturated heterocycles. The maximum absolute atomic E-state index is 3.68. The van der Waals surface area contributed by atoms with Gasteiger partial charge in [0.05, 0.1) is 0 Å². The minimum absolute atomic E-state index is 0.471. The minimum atomic E-state index is 0.471. The molecule has 0 aromatic heterocycles. The SMILES string of the molecule is CC(C)CNCC(C(C)C)N1CCCC(C(C)(C)C)CC1. The molecule has 0 aromatic carbocycles. The van der Waals surface area contributed by atoms with E-state index in [0.29, 0.717) is 11.5 Å². The van der Waals surface area contributed by atoms with E-state index in [4.69, 9.17) is 0 Å². The second-order valence-electron chi connectivity index (χ2n) is 8.89. The molecule has 1 heterocycles. The first-order valence-corrected chi connectivity index (χ1v) is 9.16. The van der Waals surface area contributed by atoms with E-state index in [-0.39, 0.29) is 0 Å². The van der Waals surface area contributed by atoms with Gasteiger partial charge >= 0.3 is 0 Å². The van der Waals surface area contributed by atoms with Gasteiger partial charge in [0, 0.05) is 12.6 Å². The summed E-state index contributed by atoms with van der Waals surface area (Å²) in [5, 5.41) is 3.68. The number of rotatable bonds is 6. The van der Waals surface area contributed by atoms with E-state index in [9.17, 15) is 0 Å². The summed E-state index contributed by atoms with van der Waals surface area (Å²) in [4.78, 5) is 2.77. The molecule has 1 rings (SSSR count).